The Kier molecular flexibility index (Phi) is 4.79. The SMILES string of the molecule is CC(C)OCCOc1ccccc1C(N)=O. The van der Waals surface area contributed by atoms with Crippen LogP contribution in [0.3, 0.4) is 0 Å². The molecule has 0 aliphatic carbocycles. The number of para-hydroxylation sites is 1. The highest BCUT2D eigenvalue weighted by atomic mass is 16.5. The van der Waals surface area contributed by atoms with Crippen LogP contribution in [0.4, 0.5) is 0 Å². The monoisotopic (exact) mass is 223 g/mol. The van der Waals surface area contributed by atoms with Gasteiger partial charge < -0.3 is 15.2 Å². The highest BCUT2D eigenvalue weighted by molar-refractivity contribution is 5.95. The Balaban J connectivity index is 2.50. The minimum atomic E-state index is -0.486. The molecule has 88 valence electrons. The molecular weight excluding hydrogens is 206 g/mol. The van der Waals surface area contributed by atoms with E-state index < -0.39 is 5.91 Å². The van der Waals surface area contributed by atoms with Crippen molar-refractivity contribution in [3.8, 4) is 5.75 Å². The maximum Gasteiger partial charge on any atom is 0.252 e. The van der Waals surface area contributed by atoms with Crippen molar-refractivity contribution in [2.45, 2.75) is 20.0 Å². The first-order valence-corrected chi connectivity index (χ1v) is 5.24. The summed E-state index contributed by atoms with van der Waals surface area (Å²) in [4.78, 5) is 11.1. The third kappa shape index (κ3) is 3.90. The summed E-state index contributed by atoms with van der Waals surface area (Å²) < 4.78 is 10.7. The lowest BCUT2D eigenvalue weighted by molar-refractivity contribution is 0.0549. The van der Waals surface area contributed by atoms with E-state index in [1.165, 1.54) is 0 Å². The predicted octanol–water partition coefficient (Wildman–Crippen LogP) is 1.59. The van der Waals surface area contributed by atoms with Gasteiger partial charge in [0.05, 0.1) is 18.3 Å². The van der Waals surface area contributed by atoms with E-state index in [4.69, 9.17) is 15.2 Å². The number of benzene rings is 1. The Bertz CT molecular complexity index is 350. The quantitative estimate of drug-likeness (QED) is 0.745. The Hall–Kier alpha value is -1.55. The normalized spacial score (nSPS) is 10.4. The average molecular weight is 223 g/mol. The van der Waals surface area contributed by atoms with Crippen molar-refractivity contribution in [3.63, 3.8) is 0 Å². The van der Waals surface area contributed by atoms with Crippen LogP contribution in [-0.4, -0.2) is 25.2 Å². The van der Waals surface area contributed by atoms with Crippen LogP contribution in [0.5, 0.6) is 5.75 Å². The Morgan fingerprint density at radius 1 is 1.31 bits per heavy atom. The van der Waals surface area contributed by atoms with Crippen LogP contribution in [0.25, 0.3) is 0 Å². The van der Waals surface area contributed by atoms with Crippen molar-refractivity contribution in [1.82, 2.24) is 0 Å². The second-order valence-electron chi connectivity index (χ2n) is 3.63. The number of carbonyl (C=O) groups is 1. The molecule has 0 fully saturated rings. The lowest BCUT2D eigenvalue weighted by Gasteiger charge is -2.11. The molecule has 1 amide bonds. The summed E-state index contributed by atoms with van der Waals surface area (Å²) in [5.41, 5.74) is 5.61. The van der Waals surface area contributed by atoms with Gasteiger partial charge in [-0.05, 0) is 26.0 Å². The average Bonchev–Trinajstić information content (AvgIpc) is 2.24. The molecule has 0 heterocycles. The molecule has 0 unspecified atom stereocenters. The van der Waals surface area contributed by atoms with Crippen molar-refractivity contribution in [2.75, 3.05) is 13.2 Å². The molecule has 0 saturated heterocycles. The molecule has 2 N–H and O–H groups in total. The highest BCUT2D eigenvalue weighted by Gasteiger charge is 2.07. The summed E-state index contributed by atoms with van der Waals surface area (Å²) in [5, 5.41) is 0. The fourth-order valence-corrected chi connectivity index (χ4v) is 1.23. The van der Waals surface area contributed by atoms with E-state index in [2.05, 4.69) is 0 Å². The lowest BCUT2D eigenvalue weighted by atomic mass is 10.2. The van der Waals surface area contributed by atoms with E-state index in [1.54, 1.807) is 24.3 Å². The topological polar surface area (TPSA) is 61.6 Å². The standard InChI is InChI=1S/C12H17NO3/c1-9(2)15-7-8-16-11-6-4-3-5-10(11)12(13)14/h3-6,9H,7-8H2,1-2H3,(H2,13,14). The first-order valence-electron chi connectivity index (χ1n) is 5.24. The molecule has 0 atom stereocenters. The largest absolute Gasteiger partial charge is 0.490 e. The number of hydrogen-bond acceptors (Lipinski definition) is 3. The molecule has 16 heavy (non-hydrogen) atoms. The summed E-state index contributed by atoms with van der Waals surface area (Å²) in [6, 6.07) is 6.90. The van der Waals surface area contributed by atoms with Crippen LogP contribution < -0.4 is 10.5 Å². The zero-order valence-corrected chi connectivity index (χ0v) is 9.60. The molecule has 1 aromatic carbocycles. The summed E-state index contributed by atoms with van der Waals surface area (Å²) in [5.74, 6) is 0.0164. The highest BCUT2D eigenvalue weighted by Crippen LogP contribution is 2.16. The molecule has 0 aliphatic heterocycles. The zero-order chi connectivity index (χ0) is 12.0. The Morgan fingerprint density at radius 3 is 2.62 bits per heavy atom. The van der Waals surface area contributed by atoms with Gasteiger partial charge >= 0.3 is 0 Å². The minimum Gasteiger partial charge on any atom is -0.490 e. The summed E-state index contributed by atoms with van der Waals surface area (Å²) in [6.45, 7) is 4.81. The van der Waals surface area contributed by atoms with Crippen LogP contribution in [0.1, 0.15) is 24.2 Å². The van der Waals surface area contributed by atoms with Gasteiger partial charge in [0.25, 0.3) is 5.91 Å². The molecule has 1 aromatic rings. The summed E-state index contributed by atoms with van der Waals surface area (Å²) in [6.07, 6.45) is 0.176. The van der Waals surface area contributed by atoms with E-state index >= 15 is 0 Å². The lowest BCUT2D eigenvalue weighted by Crippen LogP contribution is -2.15. The van der Waals surface area contributed by atoms with E-state index in [0.29, 0.717) is 24.5 Å². The molecule has 0 spiro atoms. The number of rotatable bonds is 6. The molecule has 0 saturated carbocycles. The van der Waals surface area contributed by atoms with Gasteiger partial charge in [0.1, 0.15) is 12.4 Å². The van der Waals surface area contributed by atoms with Crippen LogP contribution >= 0.6 is 0 Å². The van der Waals surface area contributed by atoms with Crippen molar-refractivity contribution in [1.29, 1.82) is 0 Å². The number of primary amides is 1. The molecule has 0 aliphatic rings. The van der Waals surface area contributed by atoms with Gasteiger partial charge in [-0.3, -0.25) is 4.79 Å². The van der Waals surface area contributed by atoms with Crippen molar-refractivity contribution in [3.05, 3.63) is 29.8 Å². The third-order valence-electron chi connectivity index (χ3n) is 1.94. The summed E-state index contributed by atoms with van der Waals surface area (Å²) >= 11 is 0. The number of nitrogens with two attached hydrogens (primary N) is 1. The third-order valence-corrected chi connectivity index (χ3v) is 1.94. The molecule has 4 nitrogen and oxygen atoms in total. The molecule has 0 bridgehead atoms. The van der Waals surface area contributed by atoms with Gasteiger partial charge in [0, 0.05) is 0 Å². The van der Waals surface area contributed by atoms with Crippen molar-refractivity contribution < 1.29 is 14.3 Å². The van der Waals surface area contributed by atoms with E-state index in [1.807, 2.05) is 13.8 Å². The maximum atomic E-state index is 11.1. The molecule has 0 radical (unpaired) electrons. The molecular formula is C12H17NO3. The number of hydrogen-bond donors (Lipinski definition) is 1. The van der Waals surface area contributed by atoms with Crippen LogP contribution in [0.15, 0.2) is 24.3 Å². The first-order chi connectivity index (χ1) is 7.61. The number of ether oxygens (including phenoxy) is 2. The van der Waals surface area contributed by atoms with Gasteiger partial charge in [0.15, 0.2) is 0 Å². The van der Waals surface area contributed by atoms with Gasteiger partial charge in [-0.2, -0.15) is 0 Å². The molecule has 0 aromatic heterocycles. The van der Waals surface area contributed by atoms with Crippen molar-refractivity contribution >= 4 is 5.91 Å². The van der Waals surface area contributed by atoms with Crippen LogP contribution in [0, 0.1) is 0 Å². The number of carbonyl (C=O) groups excluding carboxylic acids is 1. The minimum absolute atomic E-state index is 0.176. The van der Waals surface area contributed by atoms with Crippen LogP contribution in [0.2, 0.25) is 0 Å². The Labute approximate surface area is 95.3 Å². The smallest absolute Gasteiger partial charge is 0.252 e. The second kappa shape index (κ2) is 6.12. The van der Waals surface area contributed by atoms with Crippen LogP contribution in [-0.2, 0) is 4.74 Å². The molecule has 1 rings (SSSR count). The van der Waals surface area contributed by atoms with Gasteiger partial charge in [-0.15, -0.1) is 0 Å². The molecule has 4 heteroatoms. The van der Waals surface area contributed by atoms with E-state index in [9.17, 15) is 4.79 Å². The van der Waals surface area contributed by atoms with Gasteiger partial charge in [0.2, 0.25) is 0 Å². The fourth-order valence-electron chi connectivity index (χ4n) is 1.23. The van der Waals surface area contributed by atoms with E-state index in [-0.39, 0.29) is 6.10 Å². The summed E-state index contributed by atoms with van der Waals surface area (Å²) in [7, 11) is 0. The first kappa shape index (κ1) is 12.5. The number of amides is 1. The fraction of sp³-hybridized carbons (Fsp3) is 0.417. The van der Waals surface area contributed by atoms with E-state index in [0.717, 1.165) is 0 Å². The van der Waals surface area contributed by atoms with Gasteiger partial charge in [-0.1, -0.05) is 12.1 Å². The maximum absolute atomic E-state index is 11.1. The zero-order valence-electron chi connectivity index (χ0n) is 9.60. The second-order valence-corrected chi connectivity index (χ2v) is 3.63. The predicted molar refractivity (Wildman–Crippen MR) is 61.5 cm³/mol. The van der Waals surface area contributed by atoms with Crippen molar-refractivity contribution in [2.24, 2.45) is 5.73 Å². The Morgan fingerprint density at radius 2 is 2.00 bits per heavy atom. The van der Waals surface area contributed by atoms with Gasteiger partial charge in [-0.25, -0.2) is 0 Å².